The van der Waals surface area contributed by atoms with Crippen LogP contribution in [0.3, 0.4) is 0 Å². The molecule has 0 aromatic heterocycles. The van der Waals surface area contributed by atoms with Crippen molar-refractivity contribution in [3.63, 3.8) is 0 Å². The molecule has 0 bridgehead atoms. The van der Waals surface area contributed by atoms with Crippen LogP contribution in [-0.4, -0.2) is 26.5 Å². The van der Waals surface area contributed by atoms with Gasteiger partial charge in [-0.25, -0.2) is 8.42 Å². The molecule has 1 rings (SSSR count). The van der Waals surface area contributed by atoms with Gasteiger partial charge >= 0.3 is 0 Å². The quantitative estimate of drug-likeness (QED) is 0.591. The number of hydrogen-bond acceptors (Lipinski definition) is 3. The zero-order chi connectivity index (χ0) is 8.54. The summed E-state index contributed by atoms with van der Waals surface area (Å²) in [5.74, 6) is 0.488. The topological polar surface area (TPSA) is 43.4 Å². The molecule has 0 atom stereocenters. The van der Waals surface area contributed by atoms with Crippen molar-refractivity contribution in [1.29, 1.82) is 0 Å². The van der Waals surface area contributed by atoms with Crippen LogP contribution in [-0.2, 0) is 14.6 Å². The summed E-state index contributed by atoms with van der Waals surface area (Å²) in [6, 6.07) is 0. The van der Waals surface area contributed by atoms with Crippen molar-refractivity contribution in [2.24, 2.45) is 5.41 Å². The standard InChI is InChI=1S/C7H12O3S/c1-3-10-4-7(2)5-11(8,9)6-7/h3H,1,4-6H2,2H3. The third-order valence-electron chi connectivity index (χ3n) is 1.69. The zero-order valence-electron chi connectivity index (χ0n) is 6.54. The lowest BCUT2D eigenvalue weighted by atomic mass is 9.97. The summed E-state index contributed by atoms with van der Waals surface area (Å²) in [7, 11) is -2.73. The predicted molar refractivity (Wildman–Crippen MR) is 42.9 cm³/mol. The van der Waals surface area contributed by atoms with Crippen molar-refractivity contribution < 1.29 is 13.2 Å². The first-order valence-electron chi connectivity index (χ1n) is 3.40. The molecule has 0 N–H and O–H groups in total. The highest BCUT2D eigenvalue weighted by Gasteiger charge is 2.44. The summed E-state index contributed by atoms with van der Waals surface area (Å²) >= 11 is 0. The molecule has 1 heterocycles. The number of sulfone groups is 1. The van der Waals surface area contributed by atoms with Gasteiger partial charge in [0.2, 0.25) is 0 Å². The fourth-order valence-corrected chi connectivity index (χ4v) is 3.57. The molecule has 0 aromatic carbocycles. The second kappa shape index (κ2) is 2.52. The fraction of sp³-hybridized carbons (Fsp3) is 0.714. The maximum Gasteiger partial charge on any atom is 0.151 e. The van der Waals surface area contributed by atoms with Crippen molar-refractivity contribution in [3.8, 4) is 0 Å². The van der Waals surface area contributed by atoms with E-state index in [9.17, 15) is 8.42 Å². The molecule has 0 radical (unpaired) electrons. The van der Waals surface area contributed by atoms with Crippen LogP contribution in [0.5, 0.6) is 0 Å². The van der Waals surface area contributed by atoms with Crippen LogP contribution in [0.4, 0.5) is 0 Å². The lowest BCUT2D eigenvalue weighted by Gasteiger charge is -2.36. The fourth-order valence-electron chi connectivity index (χ4n) is 1.36. The average Bonchev–Trinajstić information content (AvgIpc) is 1.79. The van der Waals surface area contributed by atoms with Crippen molar-refractivity contribution >= 4 is 9.84 Å². The van der Waals surface area contributed by atoms with Gasteiger partial charge in [-0.1, -0.05) is 13.5 Å². The first kappa shape index (κ1) is 8.59. The summed E-state index contributed by atoms with van der Waals surface area (Å²) in [5, 5.41) is 0. The molecule has 11 heavy (non-hydrogen) atoms. The van der Waals surface area contributed by atoms with Crippen LogP contribution in [0.2, 0.25) is 0 Å². The van der Waals surface area contributed by atoms with Crippen LogP contribution in [0.1, 0.15) is 6.92 Å². The van der Waals surface area contributed by atoms with Gasteiger partial charge in [0.15, 0.2) is 9.84 Å². The van der Waals surface area contributed by atoms with E-state index >= 15 is 0 Å². The summed E-state index contributed by atoms with van der Waals surface area (Å²) < 4.78 is 26.5. The Labute approximate surface area is 67.0 Å². The van der Waals surface area contributed by atoms with Gasteiger partial charge in [0.1, 0.15) is 0 Å². The zero-order valence-corrected chi connectivity index (χ0v) is 7.36. The van der Waals surface area contributed by atoms with Crippen LogP contribution in [0.15, 0.2) is 12.8 Å². The van der Waals surface area contributed by atoms with Crippen molar-refractivity contribution in [3.05, 3.63) is 12.8 Å². The van der Waals surface area contributed by atoms with Crippen molar-refractivity contribution in [1.82, 2.24) is 0 Å². The van der Waals surface area contributed by atoms with E-state index in [4.69, 9.17) is 4.74 Å². The Hall–Kier alpha value is -0.510. The molecule has 4 heteroatoms. The van der Waals surface area contributed by atoms with Gasteiger partial charge in [-0.15, -0.1) is 0 Å². The van der Waals surface area contributed by atoms with Crippen molar-refractivity contribution in [2.45, 2.75) is 6.92 Å². The van der Waals surface area contributed by atoms with Crippen LogP contribution in [0.25, 0.3) is 0 Å². The number of ether oxygens (including phenoxy) is 1. The molecule has 3 nitrogen and oxygen atoms in total. The molecule has 0 saturated carbocycles. The van der Waals surface area contributed by atoms with E-state index < -0.39 is 9.84 Å². The molecule has 0 aliphatic carbocycles. The molecule has 0 amide bonds. The Morgan fingerprint density at radius 3 is 2.55 bits per heavy atom. The lowest BCUT2D eigenvalue weighted by molar-refractivity contribution is 0.145. The molecule has 1 saturated heterocycles. The molecule has 0 aromatic rings. The molecule has 64 valence electrons. The minimum Gasteiger partial charge on any atom is -0.501 e. The monoisotopic (exact) mass is 176 g/mol. The number of rotatable bonds is 3. The first-order chi connectivity index (χ1) is 4.97. The van der Waals surface area contributed by atoms with Gasteiger partial charge in [0.25, 0.3) is 0 Å². The summed E-state index contributed by atoms with van der Waals surface area (Å²) in [6.07, 6.45) is 1.34. The van der Waals surface area contributed by atoms with Gasteiger partial charge in [-0.3, -0.25) is 0 Å². The summed E-state index contributed by atoms with van der Waals surface area (Å²) in [5.41, 5.74) is -0.174. The first-order valence-corrected chi connectivity index (χ1v) is 5.23. The maximum absolute atomic E-state index is 10.8. The normalized spacial score (nSPS) is 25.2. The van der Waals surface area contributed by atoms with Crippen LogP contribution >= 0.6 is 0 Å². The van der Waals surface area contributed by atoms with Crippen molar-refractivity contribution in [2.75, 3.05) is 18.1 Å². The van der Waals surface area contributed by atoms with E-state index in [-0.39, 0.29) is 16.9 Å². The Morgan fingerprint density at radius 1 is 1.64 bits per heavy atom. The smallest absolute Gasteiger partial charge is 0.151 e. The minimum atomic E-state index is -2.73. The SMILES string of the molecule is C=COCC1(C)CS(=O)(=O)C1. The highest BCUT2D eigenvalue weighted by molar-refractivity contribution is 7.92. The molecule has 1 fully saturated rings. The van der Waals surface area contributed by atoms with E-state index in [1.54, 1.807) is 0 Å². The van der Waals surface area contributed by atoms with E-state index in [1.165, 1.54) is 6.26 Å². The van der Waals surface area contributed by atoms with E-state index in [1.807, 2.05) is 6.92 Å². The van der Waals surface area contributed by atoms with Gasteiger partial charge < -0.3 is 4.74 Å². The highest BCUT2D eigenvalue weighted by Crippen LogP contribution is 2.32. The molecule has 0 unspecified atom stereocenters. The largest absolute Gasteiger partial charge is 0.501 e. The predicted octanol–water partition coefficient (Wildman–Crippen LogP) is 0.581. The molecular formula is C7H12O3S. The third-order valence-corrected chi connectivity index (χ3v) is 3.96. The summed E-state index contributed by atoms with van der Waals surface area (Å²) in [6.45, 7) is 5.74. The Balaban J connectivity index is 2.43. The molecular weight excluding hydrogens is 164 g/mol. The third kappa shape index (κ3) is 1.96. The van der Waals surface area contributed by atoms with Gasteiger partial charge in [0, 0.05) is 5.41 Å². The van der Waals surface area contributed by atoms with Gasteiger partial charge in [-0.2, -0.15) is 0 Å². The van der Waals surface area contributed by atoms with E-state index in [0.29, 0.717) is 6.61 Å². The van der Waals surface area contributed by atoms with Crippen LogP contribution < -0.4 is 0 Å². The van der Waals surface area contributed by atoms with E-state index in [0.717, 1.165) is 0 Å². The maximum atomic E-state index is 10.8. The molecule has 1 aliphatic heterocycles. The van der Waals surface area contributed by atoms with Gasteiger partial charge in [0.05, 0.1) is 24.4 Å². The average molecular weight is 176 g/mol. The Kier molecular flexibility index (Phi) is 1.96. The van der Waals surface area contributed by atoms with Crippen LogP contribution in [0, 0.1) is 5.41 Å². The van der Waals surface area contributed by atoms with E-state index in [2.05, 4.69) is 6.58 Å². The molecule has 1 aliphatic rings. The number of hydrogen-bond donors (Lipinski definition) is 0. The Morgan fingerprint density at radius 2 is 2.18 bits per heavy atom. The second-order valence-electron chi connectivity index (χ2n) is 3.32. The summed E-state index contributed by atoms with van der Waals surface area (Å²) in [4.78, 5) is 0. The minimum absolute atomic E-state index is 0.174. The highest BCUT2D eigenvalue weighted by atomic mass is 32.2. The second-order valence-corrected chi connectivity index (χ2v) is 5.39. The Bertz CT molecular complexity index is 241. The lowest BCUT2D eigenvalue weighted by Crippen LogP contribution is -2.48. The van der Waals surface area contributed by atoms with Gasteiger partial charge in [-0.05, 0) is 0 Å². The molecule has 0 spiro atoms.